The highest BCUT2D eigenvalue weighted by Crippen LogP contribution is 2.31. The van der Waals surface area contributed by atoms with E-state index < -0.39 is 0 Å². The second-order valence-electron chi connectivity index (χ2n) is 8.50. The van der Waals surface area contributed by atoms with Crippen LogP contribution in [0.2, 0.25) is 0 Å². The largest absolute Gasteiger partial charge is 0.383 e. The highest BCUT2D eigenvalue weighted by molar-refractivity contribution is 7.98. The zero-order valence-corrected chi connectivity index (χ0v) is 20.4. The quantitative estimate of drug-likeness (QED) is 0.568. The van der Waals surface area contributed by atoms with Gasteiger partial charge in [0, 0.05) is 42.9 Å². The number of aromatic nitrogens is 1. The van der Waals surface area contributed by atoms with Crippen molar-refractivity contribution in [3.63, 3.8) is 0 Å². The number of hydrogen-bond acceptors (Lipinski definition) is 6. The Morgan fingerprint density at radius 1 is 1.16 bits per heavy atom. The van der Waals surface area contributed by atoms with Gasteiger partial charge in [0.05, 0.1) is 24.1 Å². The lowest BCUT2D eigenvalue weighted by Crippen LogP contribution is -2.39. The Balaban J connectivity index is 1.30. The molecule has 1 atom stereocenters. The van der Waals surface area contributed by atoms with E-state index >= 15 is 0 Å². The van der Waals surface area contributed by atoms with Crippen molar-refractivity contribution in [2.75, 3.05) is 39.6 Å². The Morgan fingerprint density at radius 3 is 2.59 bits per heavy atom. The van der Waals surface area contributed by atoms with Crippen molar-refractivity contribution in [1.82, 2.24) is 14.8 Å². The summed E-state index contributed by atoms with van der Waals surface area (Å²) in [7, 11) is 1.68. The molecule has 2 saturated heterocycles. The fourth-order valence-corrected chi connectivity index (χ4v) is 5.97. The molecule has 2 aliphatic heterocycles. The molecule has 6 nitrogen and oxygen atoms in total. The van der Waals surface area contributed by atoms with Crippen LogP contribution in [-0.4, -0.2) is 72.2 Å². The molecule has 2 amide bonds. The van der Waals surface area contributed by atoms with Crippen molar-refractivity contribution < 1.29 is 14.3 Å². The number of carbonyl (C=O) groups excluding carboxylic acids is 2. The zero-order chi connectivity index (χ0) is 22.5. The van der Waals surface area contributed by atoms with Gasteiger partial charge in [0.2, 0.25) is 5.91 Å². The molecule has 0 bridgehead atoms. The molecule has 1 aromatic carbocycles. The van der Waals surface area contributed by atoms with Crippen LogP contribution in [0.25, 0.3) is 0 Å². The van der Waals surface area contributed by atoms with Crippen LogP contribution < -0.4 is 0 Å². The summed E-state index contributed by atoms with van der Waals surface area (Å²) in [6.07, 6.45) is 6.31. The molecule has 1 unspecified atom stereocenters. The highest BCUT2D eigenvalue weighted by atomic mass is 32.2. The molecule has 32 heavy (non-hydrogen) atoms. The Bertz CT molecular complexity index is 923. The number of carbonyl (C=O) groups is 2. The molecule has 8 heteroatoms. The van der Waals surface area contributed by atoms with Crippen molar-refractivity contribution in [3.05, 3.63) is 45.9 Å². The maximum atomic E-state index is 12.9. The van der Waals surface area contributed by atoms with Crippen LogP contribution in [0.5, 0.6) is 0 Å². The van der Waals surface area contributed by atoms with Gasteiger partial charge in [-0.25, -0.2) is 4.98 Å². The van der Waals surface area contributed by atoms with E-state index in [0.717, 1.165) is 55.9 Å². The molecular weight excluding hydrogens is 442 g/mol. The van der Waals surface area contributed by atoms with Crippen LogP contribution in [0.4, 0.5) is 0 Å². The number of methoxy groups -OCH3 is 1. The minimum atomic E-state index is 0.0205. The van der Waals surface area contributed by atoms with Gasteiger partial charge >= 0.3 is 0 Å². The van der Waals surface area contributed by atoms with Gasteiger partial charge in [0.15, 0.2) is 0 Å². The second kappa shape index (κ2) is 10.8. The molecule has 0 spiro atoms. The topological polar surface area (TPSA) is 62.7 Å². The standard InChI is InChI=1S/C24H31N3O3S2/c1-30-15-19-4-3-11-27(19)24(29)21-16-32-23(25-21)18-9-12-26(13-10-18)22(28)14-17-5-7-20(31-2)8-6-17/h5-8,16,18-19H,3-4,9-15H2,1-2H3. The number of thioether (sulfide) groups is 1. The number of hydrogen-bond donors (Lipinski definition) is 0. The minimum absolute atomic E-state index is 0.0205. The van der Waals surface area contributed by atoms with E-state index in [1.165, 1.54) is 4.90 Å². The summed E-state index contributed by atoms with van der Waals surface area (Å²) in [5, 5.41) is 2.92. The van der Waals surface area contributed by atoms with E-state index in [1.54, 1.807) is 30.2 Å². The lowest BCUT2D eigenvalue weighted by atomic mass is 9.97. The van der Waals surface area contributed by atoms with Crippen molar-refractivity contribution in [1.29, 1.82) is 0 Å². The molecule has 4 rings (SSSR count). The fourth-order valence-electron chi connectivity index (χ4n) is 4.59. The summed E-state index contributed by atoms with van der Waals surface area (Å²) in [6.45, 7) is 2.85. The molecule has 0 radical (unpaired) electrons. The second-order valence-corrected chi connectivity index (χ2v) is 10.3. The molecule has 0 aliphatic carbocycles. The number of likely N-dealkylation sites (tertiary alicyclic amines) is 2. The molecule has 172 valence electrons. The summed E-state index contributed by atoms with van der Waals surface area (Å²) in [5.74, 6) is 0.528. The summed E-state index contributed by atoms with van der Waals surface area (Å²) >= 11 is 3.28. The molecule has 0 N–H and O–H groups in total. The van der Waals surface area contributed by atoms with Crippen LogP contribution in [0.3, 0.4) is 0 Å². The number of rotatable bonds is 7. The van der Waals surface area contributed by atoms with Gasteiger partial charge in [-0.1, -0.05) is 12.1 Å². The van der Waals surface area contributed by atoms with E-state index in [9.17, 15) is 9.59 Å². The van der Waals surface area contributed by atoms with Gasteiger partial charge in [-0.3, -0.25) is 9.59 Å². The average molecular weight is 474 g/mol. The van der Waals surface area contributed by atoms with Gasteiger partial charge in [0.1, 0.15) is 5.69 Å². The third-order valence-corrected chi connectivity index (χ3v) is 8.20. The lowest BCUT2D eigenvalue weighted by molar-refractivity contribution is -0.131. The number of ether oxygens (including phenoxy) is 1. The molecule has 2 aliphatic rings. The molecule has 0 saturated carbocycles. The Kier molecular flexibility index (Phi) is 7.86. The first kappa shape index (κ1) is 23.3. The maximum absolute atomic E-state index is 12.9. The Hall–Kier alpha value is -1.90. The summed E-state index contributed by atoms with van der Waals surface area (Å²) in [5.41, 5.74) is 1.62. The van der Waals surface area contributed by atoms with Crippen LogP contribution >= 0.6 is 23.1 Å². The van der Waals surface area contributed by atoms with E-state index in [2.05, 4.69) is 18.4 Å². The predicted octanol–water partition coefficient (Wildman–Crippen LogP) is 4.06. The SMILES string of the molecule is COCC1CCCN1C(=O)c1csc(C2CCN(C(=O)Cc3ccc(SC)cc3)CC2)n1. The minimum Gasteiger partial charge on any atom is -0.383 e. The van der Waals surface area contributed by atoms with Crippen LogP contribution in [-0.2, 0) is 16.0 Å². The van der Waals surface area contributed by atoms with Crippen molar-refractivity contribution in [2.45, 2.75) is 49.0 Å². The number of thiazole rings is 1. The third-order valence-electron chi connectivity index (χ3n) is 6.45. The van der Waals surface area contributed by atoms with Gasteiger partial charge in [0.25, 0.3) is 5.91 Å². The maximum Gasteiger partial charge on any atom is 0.273 e. The van der Waals surface area contributed by atoms with Gasteiger partial charge in [-0.15, -0.1) is 23.1 Å². The number of benzene rings is 1. The third kappa shape index (κ3) is 5.35. The lowest BCUT2D eigenvalue weighted by Gasteiger charge is -2.31. The van der Waals surface area contributed by atoms with E-state index in [4.69, 9.17) is 9.72 Å². The van der Waals surface area contributed by atoms with E-state index in [0.29, 0.717) is 24.6 Å². The van der Waals surface area contributed by atoms with Gasteiger partial charge in [-0.2, -0.15) is 0 Å². The highest BCUT2D eigenvalue weighted by Gasteiger charge is 2.32. The van der Waals surface area contributed by atoms with E-state index in [1.807, 2.05) is 27.3 Å². The summed E-state index contributed by atoms with van der Waals surface area (Å²) < 4.78 is 5.27. The first-order valence-corrected chi connectivity index (χ1v) is 13.4. The summed E-state index contributed by atoms with van der Waals surface area (Å²) in [4.78, 5) is 35.5. The van der Waals surface area contributed by atoms with E-state index in [-0.39, 0.29) is 17.9 Å². The first-order chi connectivity index (χ1) is 15.6. The smallest absolute Gasteiger partial charge is 0.273 e. The average Bonchev–Trinajstić information content (AvgIpc) is 3.50. The fraction of sp³-hybridized carbons (Fsp3) is 0.542. The van der Waals surface area contributed by atoms with Crippen molar-refractivity contribution >= 4 is 34.9 Å². The molecule has 2 aromatic rings. The van der Waals surface area contributed by atoms with Crippen LogP contribution in [0, 0.1) is 0 Å². The first-order valence-electron chi connectivity index (χ1n) is 11.2. The Morgan fingerprint density at radius 2 is 1.91 bits per heavy atom. The van der Waals surface area contributed by atoms with Crippen molar-refractivity contribution in [3.8, 4) is 0 Å². The van der Waals surface area contributed by atoms with Gasteiger partial charge in [-0.05, 0) is 49.6 Å². The molecule has 2 fully saturated rings. The van der Waals surface area contributed by atoms with Crippen molar-refractivity contribution in [2.24, 2.45) is 0 Å². The van der Waals surface area contributed by atoms with Crippen LogP contribution in [0.15, 0.2) is 34.5 Å². The monoisotopic (exact) mass is 473 g/mol. The number of piperidine rings is 1. The van der Waals surface area contributed by atoms with Gasteiger partial charge < -0.3 is 14.5 Å². The molecule has 3 heterocycles. The summed E-state index contributed by atoms with van der Waals surface area (Å²) in [6, 6.07) is 8.38. The number of amides is 2. The predicted molar refractivity (Wildman–Crippen MR) is 129 cm³/mol. The van der Waals surface area contributed by atoms with Crippen LogP contribution in [0.1, 0.15) is 52.7 Å². The normalized spacial score (nSPS) is 19.5. The molecule has 1 aromatic heterocycles. The number of nitrogens with zero attached hydrogens (tertiary/aromatic N) is 3. The zero-order valence-electron chi connectivity index (χ0n) is 18.8. The Labute approximate surface area is 198 Å². The molecular formula is C24H31N3O3S2.